The highest BCUT2D eigenvalue weighted by Crippen LogP contribution is 2.30. The van der Waals surface area contributed by atoms with Crippen molar-refractivity contribution in [1.29, 1.82) is 0 Å². The Morgan fingerprint density at radius 3 is 2.45 bits per heavy atom. The first kappa shape index (κ1) is 23.9. The third kappa shape index (κ3) is 5.64. The van der Waals surface area contributed by atoms with Gasteiger partial charge in [0.2, 0.25) is 10.0 Å². The summed E-state index contributed by atoms with van der Waals surface area (Å²) < 4.78 is 80.2. The zero-order valence-electron chi connectivity index (χ0n) is 17.9. The molecule has 0 radical (unpaired) electrons. The molecule has 0 aromatic heterocycles. The lowest BCUT2D eigenvalue weighted by Crippen LogP contribution is -2.40. The summed E-state index contributed by atoms with van der Waals surface area (Å²) in [4.78, 5) is -0.321. The second-order valence-electron chi connectivity index (χ2n) is 7.80. The minimum absolute atomic E-state index is 0.0190. The van der Waals surface area contributed by atoms with E-state index in [2.05, 4.69) is 10.0 Å². The summed E-state index contributed by atoms with van der Waals surface area (Å²) in [6.07, 6.45) is 1.80. The molecule has 2 N–H and O–H groups in total. The average Bonchev–Trinajstić information content (AvgIpc) is 3.32. The summed E-state index contributed by atoms with van der Waals surface area (Å²) >= 11 is 0. The Labute approximate surface area is 193 Å². The fourth-order valence-corrected chi connectivity index (χ4v) is 6.26. The Morgan fingerprint density at radius 1 is 0.970 bits per heavy atom. The van der Waals surface area contributed by atoms with E-state index < -0.39 is 25.9 Å². The molecule has 2 heterocycles. The van der Waals surface area contributed by atoms with Crippen molar-refractivity contribution >= 4 is 31.4 Å². The zero-order chi connectivity index (χ0) is 23.5. The molecule has 0 unspecified atom stereocenters. The number of benzene rings is 2. The number of anilines is 2. The summed E-state index contributed by atoms with van der Waals surface area (Å²) in [6, 6.07) is 8.83. The van der Waals surface area contributed by atoms with Gasteiger partial charge in [0, 0.05) is 26.2 Å². The van der Waals surface area contributed by atoms with Gasteiger partial charge in [-0.3, -0.25) is 4.72 Å². The molecule has 2 aliphatic heterocycles. The molecular formula is C21H26FN3O6S2. The molecule has 2 fully saturated rings. The topological polar surface area (TPSA) is 114 Å². The first-order valence-electron chi connectivity index (χ1n) is 10.6. The standard InChI is InChI=1S/C21H26FN3O6S2/c22-16-3-1-5-18(13-16)32(26,27)24-21-14-19(33(28,29)25-8-11-30-12-9-25)6-7-20(21)23-15-17-4-2-10-31-17/h1,3,5-7,13-14,17,23-24H,2,4,8-12,15H2/t17-/m1/s1. The van der Waals surface area contributed by atoms with Gasteiger partial charge in [0.1, 0.15) is 5.82 Å². The van der Waals surface area contributed by atoms with Gasteiger partial charge in [-0.2, -0.15) is 4.31 Å². The molecule has 180 valence electrons. The Kier molecular flexibility index (Phi) is 7.19. The minimum Gasteiger partial charge on any atom is -0.381 e. The van der Waals surface area contributed by atoms with Crippen LogP contribution in [-0.2, 0) is 29.5 Å². The molecule has 4 rings (SSSR count). The molecule has 33 heavy (non-hydrogen) atoms. The van der Waals surface area contributed by atoms with Crippen LogP contribution in [-0.4, -0.2) is 66.7 Å². The first-order chi connectivity index (χ1) is 15.8. The number of hydrogen-bond donors (Lipinski definition) is 2. The molecular weight excluding hydrogens is 473 g/mol. The summed E-state index contributed by atoms with van der Waals surface area (Å²) in [6.45, 7) is 2.11. The Morgan fingerprint density at radius 2 is 1.76 bits per heavy atom. The van der Waals surface area contributed by atoms with Crippen molar-refractivity contribution < 1.29 is 30.7 Å². The smallest absolute Gasteiger partial charge is 0.262 e. The number of nitrogens with zero attached hydrogens (tertiary/aromatic N) is 1. The number of hydrogen-bond acceptors (Lipinski definition) is 7. The monoisotopic (exact) mass is 499 g/mol. The molecule has 2 aromatic carbocycles. The molecule has 0 aliphatic carbocycles. The summed E-state index contributed by atoms with van der Waals surface area (Å²) in [5, 5.41) is 3.14. The second kappa shape index (κ2) is 9.94. The van der Waals surface area contributed by atoms with Gasteiger partial charge < -0.3 is 14.8 Å². The van der Waals surface area contributed by atoms with Crippen molar-refractivity contribution in [3.05, 3.63) is 48.3 Å². The highest BCUT2D eigenvalue weighted by Gasteiger charge is 2.28. The third-order valence-electron chi connectivity index (χ3n) is 5.49. The van der Waals surface area contributed by atoms with E-state index in [4.69, 9.17) is 9.47 Å². The fraction of sp³-hybridized carbons (Fsp3) is 0.429. The number of sulfonamides is 2. The van der Waals surface area contributed by atoms with E-state index in [1.807, 2.05) is 0 Å². The van der Waals surface area contributed by atoms with Crippen LogP contribution < -0.4 is 10.0 Å². The molecule has 12 heteroatoms. The Bertz CT molecular complexity index is 1190. The van der Waals surface area contributed by atoms with Crippen LogP contribution in [0.1, 0.15) is 12.8 Å². The molecule has 2 saturated heterocycles. The predicted octanol–water partition coefficient (Wildman–Crippen LogP) is 2.24. The molecule has 0 saturated carbocycles. The van der Waals surface area contributed by atoms with Crippen molar-refractivity contribution in [2.45, 2.75) is 28.7 Å². The largest absolute Gasteiger partial charge is 0.381 e. The van der Waals surface area contributed by atoms with Crippen LogP contribution >= 0.6 is 0 Å². The third-order valence-corrected chi connectivity index (χ3v) is 8.75. The van der Waals surface area contributed by atoms with Crippen LogP contribution in [0.4, 0.5) is 15.8 Å². The van der Waals surface area contributed by atoms with E-state index in [0.717, 1.165) is 25.0 Å². The highest BCUT2D eigenvalue weighted by molar-refractivity contribution is 7.92. The molecule has 9 nitrogen and oxygen atoms in total. The van der Waals surface area contributed by atoms with Gasteiger partial charge in [0.25, 0.3) is 10.0 Å². The van der Waals surface area contributed by atoms with Crippen LogP contribution in [0.25, 0.3) is 0 Å². The summed E-state index contributed by atoms with van der Waals surface area (Å²) in [5.74, 6) is -0.696. The average molecular weight is 500 g/mol. The van der Waals surface area contributed by atoms with Crippen molar-refractivity contribution in [1.82, 2.24) is 4.31 Å². The van der Waals surface area contributed by atoms with Gasteiger partial charge in [-0.1, -0.05) is 6.07 Å². The zero-order valence-corrected chi connectivity index (χ0v) is 19.5. The number of nitrogens with one attached hydrogen (secondary N) is 2. The van der Waals surface area contributed by atoms with E-state index >= 15 is 0 Å². The maximum absolute atomic E-state index is 13.6. The SMILES string of the molecule is O=S(=O)(Nc1cc(S(=O)(=O)N2CCOCC2)ccc1NC[C@H]1CCCO1)c1cccc(F)c1. The van der Waals surface area contributed by atoms with E-state index in [0.29, 0.717) is 32.1 Å². The number of rotatable bonds is 8. The van der Waals surface area contributed by atoms with Crippen LogP contribution in [0, 0.1) is 5.82 Å². The van der Waals surface area contributed by atoms with Crippen molar-refractivity contribution in [2.24, 2.45) is 0 Å². The van der Waals surface area contributed by atoms with Crippen molar-refractivity contribution in [3.63, 3.8) is 0 Å². The molecule has 1 atom stereocenters. The maximum atomic E-state index is 13.6. The molecule has 2 aromatic rings. The Hall–Kier alpha value is -2.25. The van der Waals surface area contributed by atoms with Gasteiger partial charge in [-0.05, 0) is 49.2 Å². The van der Waals surface area contributed by atoms with Gasteiger partial charge in [-0.25, -0.2) is 21.2 Å². The number of ether oxygens (including phenoxy) is 2. The van der Waals surface area contributed by atoms with Crippen LogP contribution in [0.15, 0.2) is 52.3 Å². The lowest BCUT2D eigenvalue weighted by molar-refractivity contribution is 0.0730. The quantitative estimate of drug-likeness (QED) is 0.573. The van der Waals surface area contributed by atoms with E-state index in [9.17, 15) is 21.2 Å². The van der Waals surface area contributed by atoms with Crippen molar-refractivity contribution in [2.75, 3.05) is 49.5 Å². The summed E-state index contributed by atoms with van der Waals surface area (Å²) in [5.41, 5.74) is 0.443. The number of morpholine rings is 1. The van der Waals surface area contributed by atoms with Gasteiger partial charge >= 0.3 is 0 Å². The van der Waals surface area contributed by atoms with Crippen LogP contribution in [0.3, 0.4) is 0 Å². The highest BCUT2D eigenvalue weighted by atomic mass is 32.2. The summed E-state index contributed by atoms with van der Waals surface area (Å²) in [7, 11) is -8.03. The van der Waals surface area contributed by atoms with E-state index in [1.165, 1.54) is 34.6 Å². The first-order valence-corrected chi connectivity index (χ1v) is 13.5. The minimum atomic E-state index is -4.17. The predicted molar refractivity (Wildman–Crippen MR) is 121 cm³/mol. The normalized spacial score (nSPS) is 20.0. The Balaban J connectivity index is 1.66. The van der Waals surface area contributed by atoms with Crippen molar-refractivity contribution in [3.8, 4) is 0 Å². The van der Waals surface area contributed by atoms with Crippen LogP contribution in [0.5, 0.6) is 0 Å². The number of halogens is 1. The van der Waals surface area contributed by atoms with E-state index in [1.54, 1.807) is 0 Å². The molecule has 0 spiro atoms. The van der Waals surface area contributed by atoms with Gasteiger partial charge in [-0.15, -0.1) is 0 Å². The lowest BCUT2D eigenvalue weighted by atomic mass is 10.2. The second-order valence-corrected chi connectivity index (χ2v) is 11.4. The fourth-order valence-electron chi connectivity index (χ4n) is 3.73. The van der Waals surface area contributed by atoms with E-state index in [-0.39, 0.29) is 34.7 Å². The van der Waals surface area contributed by atoms with Gasteiger partial charge in [0.15, 0.2) is 0 Å². The van der Waals surface area contributed by atoms with Crippen LogP contribution in [0.2, 0.25) is 0 Å². The molecule has 0 bridgehead atoms. The molecule has 2 aliphatic rings. The maximum Gasteiger partial charge on any atom is 0.262 e. The van der Waals surface area contributed by atoms with Gasteiger partial charge in [0.05, 0.1) is 40.5 Å². The molecule has 0 amide bonds. The lowest BCUT2D eigenvalue weighted by Gasteiger charge is -2.26.